The molecule has 0 bridgehead atoms. The van der Waals surface area contributed by atoms with Gasteiger partial charge in [0.25, 0.3) is 0 Å². The zero-order chi connectivity index (χ0) is 15.2. The second-order valence-corrected chi connectivity index (χ2v) is 4.48. The van der Waals surface area contributed by atoms with Crippen LogP contribution in [0.1, 0.15) is 16.7 Å². The Labute approximate surface area is 120 Å². The van der Waals surface area contributed by atoms with E-state index in [2.05, 4.69) is 10.5 Å². The summed E-state index contributed by atoms with van der Waals surface area (Å²) >= 11 is 0. The lowest BCUT2D eigenvalue weighted by atomic mass is 10.1. The Balaban J connectivity index is 2.08. The van der Waals surface area contributed by atoms with Gasteiger partial charge in [-0.2, -0.15) is 0 Å². The number of rotatable bonds is 5. The van der Waals surface area contributed by atoms with Gasteiger partial charge in [-0.1, -0.05) is 29.4 Å². The van der Waals surface area contributed by atoms with Crippen LogP contribution in [0.3, 0.4) is 0 Å². The van der Waals surface area contributed by atoms with Crippen molar-refractivity contribution in [2.45, 2.75) is 13.1 Å². The first kappa shape index (κ1) is 14.9. The van der Waals surface area contributed by atoms with Crippen LogP contribution in [-0.4, -0.2) is 11.0 Å². The molecule has 0 heterocycles. The summed E-state index contributed by atoms with van der Waals surface area (Å²) in [6.45, 7) is 0.653. The molecule has 4 N–H and O–H groups in total. The van der Waals surface area contributed by atoms with Gasteiger partial charge < -0.3 is 16.3 Å². The van der Waals surface area contributed by atoms with Crippen molar-refractivity contribution in [3.05, 3.63) is 70.8 Å². The minimum atomic E-state index is -0.477. The van der Waals surface area contributed by atoms with E-state index in [0.29, 0.717) is 29.8 Å². The van der Waals surface area contributed by atoms with E-state index in [4.69, 9.17) is 10.9 Å². The molecule has 0 saturated heterocycles. The summed E-state index contributed by atoms with van der Waals surface area (Å²) in [6, 6.07) is 10.4. The Morgan fingerprint density at radius 2 is 1.81 bits per heavy atom. The van der Waals surface area contributed by atoms with E-state index in [0.717, 1.165) is 0 Å². The average molecular weight is 291 g/mol. The maximum atomic E-state index is 13.5. The Morgan fingerprint density at radius 1 is 1.10 bits per heavy atom. The number of nitrogens with zero attached hydrogens (tertiary/aromatic N) is 1. The van der Waals surface area contributed by atoms with Crippen molar-refractivity contribution in [1.82, 2.24) is 5.32 Å². The Kier molecular flexibility index (Phi) is 4.84. The molecule has 21 heavy (non-hydrogen) atoms. The van der Waals surface area contributed by atoms with Gasteiger partial charge in [0, 0.05) is 24.2 Å². The fraction of sp³-hybridized carbons (Fsp3) is 0.133. The zero-order valence-electron chi connectivity index (χ0n) is 11.2. The molecule has 2 aromatic rings. The van der Waals surface area contributed by atoms with Crippen LogP contribution in [0.5, 0.6) is 0 Å². The van der Waals surface area contributed by atoms with Gasteiger partial charge in [0.15, 0.2) is 5.84 Å². The fourth-order valence-electron chi connectivity index (χ4n) is 1.97. The van der Waals surface area contributed by atoms with Crippen LogP contribution in [0.4, 0.5) is 8.78 Å². The standard InChI is InChI=1S/C15H15F2N3O/c16-12-6-5-10(13(7-12)15(18)20-21)8-19-9-11-3-1-2-4-14(11)17/h1-7,19,21H,8-9H2,(H2,18,20). The van der Waals surface area contributed by atoms with Crippen molar-refractivity contribution in [2.75, 3.05) is 0 Å². The van der Waals surface area contributed by atoms with E-state index in [1.807, 2.05) is 0 Å². The lowest BCUT2D eigenvalue weighted by molar-refractivity contribution is 0.318. The predicted molar refractivity (Wildman–Crippen MR) is 75.9 cm³/mol. The number of nitrogens with one attached hydrogen (secondary N) is 1. The largest absolute Gasteiger partial charge is 0.409 e. The van der Waals surface area contributed by atoms with E-state index < -0.39 is 5.82 Å². The molecule has 0 atom stereocenters. The molecule has 0 saturated carbocycles. The minimum absolute atomic E-state index is 0.169. The third kappa shape index (κ3) is 3.76. The Morgan fingerprint density at radius 3 is 2.52 bits per heavy atom. The predicted octanol–water partition coefficient (Wildman–Crippen LogP) is 2.35. The van der Waals surface area contributed by atoms with Gasteiger partial charge in [-0.15, -0.1) is 0 Å². The molecule has 4 nitrogen and oxygen atoms in total. The van der Waals surface area contributed by atoms with Gasteiger partial charge in [0.1, 0.15) is 11.6 Å². The molecule has 0 aromatic heterocycles. The Bertz CT molecular complexity index is 659. The SMILES string of the molecule is NC(=NO)c1cc(F)ccc1CNCc1ccccc1F. The summed E-state index contributed by atoms with van der Waals surface area (Å²) in [7, 11) is 0. The van der Waals surface area contributed by atoms with E-state index in [-0.39, 0.29) is 11.7 Å². The molecule has 6 heteroatoms. The zero-order valence-corrected chi connectivity index (χ0v) is 11.2. The van der Waals surface area contributed by atoms with Gasteiger partial charge >= 0.3 is 0 Å². The molecular weight excluding hydrogens is 276 g/mol. The molecule has 2 rings (SSSR count). The van der Waals surface area contributed by atoms with Gasteiger partial charge in [-0.3, -0.25) is 0 Å². The molecule has 0 spiro atoms. The Hall–Kier alpha value is -2.47. The molecule has 0 radical (unpaired) electrons. The van der Waals surface area contributed by atoms with Crippen molar-refractivity contribution >= 4 is 5.84 Å². The topological polar surface area (TPSA) is 70.6 Å². The van der Waals surface area contributed by atoms with Crippen molar-refractivity contribution in [1.29, 1.82) is 0 Å². The number of amidine groups is 1. The van der Waals surface area contributed by atoms with Gasteiger partial charge in [0.05, 0.1) is 0 Å². The van der Waals surface area contributed by atoms with Crippen LogP contribution < -0.4 is 11.1 Å². The molecular formula is C15H15F2N3O. The minimum Gasteiger partial charge on any atom is -0.409 e. The summed E-state index contributed by atoms with van der Waals surface area (Å²) in [5.41, 5.74) is 7.01. The number of halogens is 2. The maximum absolute atomic E-state index is 13.5. The second kappa shape index (κ2) is 6.81. The van der Waals surface area contributed by atoms with Crippen LogP contribution in [0, 0.1) is 11.6 Å². The first-order chi connectivity index (χ1) is 10.1. The molecule has 110 valence electrons. The fourth-order valence-corrected chi connectivity index (χ4v) is 1.97. The summed E-state index contributed by atoms with van der Waals surface area (Å²) in [4.78, 5) is 0. The second-order valence-electron chi connectivity index (χ2n) is 4.48. The number of hydrogen-bond acceptors (Lipinski definition) is 3. The van der Waals surface area contributed by atoms with Gasteiger partial charge in [-0.25, -0.2) is 8.78 Å². The van der Waals surface area contributed by atoms with Gasteiger partial charge in [-0.05, 0) is 23.8 Å². The molecule has 2 aromatic carbocycles. The summed E-state index contributed by atoms with van der Waals surface area (Å²) in [5, 5.41) is 14.6. The molecule has 0 fully saturated rings. The van der Waals surface area contributed by atoms with Crippen LogP contribution in [0.2, 0.25) is 0 Å². The average Bonchev–Trinajstić information content (AvgIpc) is 2.49. The quantitative estimate of drug-likeness (QED) is 0.343. The first-order valence-corrected chi connectivity index (χ1v) is 6.32. The molecule has 0 aliphatic rings. The number of hydrogen-bond donors (Lipinski definition) is 3. The molecule has 0 aliphatic heterocycles. The molecule has 0 amide bonds. The number of oxime groups is 1. The van der Waals surface area contributed by atoms with Crippen molar-refractivity contribution in [2.24, 2.45) is 10.9 Å². The summed E-state index contributed by atoms with van der Waals surface area (Å²) in [6.07, 6.45) is 0. The third-order valence-corrected chi connectivity index (χ3v) is 3.04. The van der Waals surface area contributed by atoms with E-state index in [1.54, 1.807) is 18.2 Å². The van der Waals surface area contributed by atoms with Crippen LogP contribution in [0.25, 0.3) is 0 Å². The van der Waals surface area contributed by atoms with Crippen molar-refractivity contribution in [3.8, 4) is 0 Å². The highest BCUT2D eigenvalue weighted by atomic mass is 19.1. The molecule has 0 unspecified atom stereocenters. The lowest BCUT2D eigenvalue weighted by Crippen LogP contribution is -2.20. The maximum Gasteiger partial charge on any atom is 0.170 e. The van der Waals surface area contributed by atoms with Crippen molar-refractivity contribution in [3.63, 3.8) is 0 Å². The lowest BCUT2D eigenvalue weighted by Gasteiger charge is -2.10. The number of benzene rings is 2. The van der Waals surface area contributed by atoms with E-state index >= 15 is 0 Å². The molecule has 0 aliphatic carbocycles. The smallest absolute Gasteiger partial charge is 0.170 e. The van der Waals surface area contributed by atoms with E-state index in [1.165, 1.54) is 24.3 Å². The highest BCUT2D eigenvalue weighted by Gasteiger charge is 2.09. The monoisotopic (exact) mass is 291 g/mol. The summed E-state index contributed by atoms with van der Waals surface area (Å²) < 4.78 is 26.7. The highest BCUT2D eigenvalue weighted by molar-refractivity contribution is 5.98. The van der Waals surface area contributed by atoms with Crippen LogP contribution >= 0.6 is 0 Å². The third-order valence-electron chi connectivity index (χ3n) is 3.04. The van der Waals surface area contributed by atoms with Gasteiger partial charge in [0.2, 0.25) is 0 Å². The summed E-state index contributed by atoms with van der Waals surface area (Å²) in [5.74, 6) is -0.938. The first-order valence-electron chi connectivity index (χ1n) is 6.32. The number of nitrogens with two attached hydrogens (primary N) is 1. The van der Waals surface area contributed by atoms with E-state index in [9.17, 15) is 8.78 Å². The van der Waals surface area contributed by atoms with Crippen LogP contribution in [0.15, 0.2) is 47.6 Å². The van der Waals surface area contributed by atoms with Crippen LogP contribution in [-0.2, 0) is 13.1 Å². The normalized spacial score (nSPS) is 11.6. The van der Waals surface area contributed by atoms with Crippen molar-refractivity contribution < 1.29 is 14.0 Å². The highest BCUT2D eigenvalue weighted by Crippen LogP contribution is 2.12.